The van der Waals surface area contributed by atoms with Crippen LogP contribution in [0, 0.1) is 0 Å². The molecule has 0 bridgehead atoms. The lowest BCUT2D eigenvalue weighted by atomic mass is 10.3. The van der Waals surface area contributed by atoms with E-state index in [0.717, 1.165) is 0 Å². The van der Waals surface area contributed by atoms with Crippen molar-refractivity contribution < 1.29 is 23.7 Å². The molecule has 6 nitrogen and oxygen atoms in total. The normalized spacial score (nSPS) is 21.6. The maximum absolute atomic E-state index is 12.9. The molecule has 0 aromatic heterocycles. The summed E-state index contributed by atoms with van der Waals surface area (Å²) >= 11 is 0. The molecule has 0 saturated carbocycles. The maximum atomic E-state index is 12.9. The zero-order valence-electron chi connectivity index (χ0n) is 13.3. The van der Waals surface area contributed by atoms with Crippen LogP contribution >= 0.6 is 7.52 Å². The van der Waals surface area contributed by atoms with Gasteiger partial charge in [-0.1, -0.05) is 20.3 Å². The van der Waals surface area contributed by atoms with E-state index in [1.54, 1.807) is 31.4 Å². The molecule has 22 heavy (non-hydrogen) atoms. The van der Waals surface area contributed by atoms with Gasteiger partial charge in [0.2, 0.25) is 0 Å². The molecule has 2 rings (SSSR count). The predicted octanol–water partition coefficient (Wildman–Crippen LogP) is 2.74. The van der Waals surface area contributed by atoms with Crippen molar-refractivity contribution in [1.29, 1.82) is 0 Å². The first kappa shape index (κ1) is 18.7. The summed E-state index contributed by atoms with van der Waals surface area (Å²) in [6.45, 7) is 4.79. The maximum Gasteiger partial charge on any atom is 0.318 e. The molecule has 1 atom stereocenters. The number of hydrogen-bond acceptors (Lipinski definition) is 4. The van der Waals surface area contributed by atoms with Crippen molar-refractivity contribution in [2.24, 2.45) is 0 Å². The molecule has 1 unspecified atom stereocenters. The second-order valence-corrected chi connectivity index (χ2v) is 7.28. The Bertz CT molecular complexity index is 517. The van der Waals surface area contributed by atoms with E-state index >= 15 is 0 Å². The quantitative estimate of drug-likeness (QED) is 0.856. The molecule has 0 aliphatic carbocycles. The molecule has 0 spiro atoms. The molecule has 0 amide bonds. The van der Waals surface area contributed by atoms with E-state index in [2.05, 4.69) is 13.8 Å². The third-order valence-corrected chi connectivity index (χ3v) is 5.49. The van der Waals surface area contributed by atoms with Gasteiger partial charge in [-0.2, -0.15) is 0 Å². The Kier molecular flexibility index (Phi) is 7.59. The number of carboxylic acids is 1. The van der Waals surface area contributed by atoms with Crippen molar-refractivity contribution in [3.63, 3.8) is 0 Å². The summed E-state index contributed by atoms with van der Waals surface area (Å²) < 4.78 is 24.8. The second kappa shape index (κ2) is 8.93. The van der Waals surface area contributed by atoms with Gasteiger partial charge in [0.15, 0.2) is 0 Å². The van der Waals surface area contributed by atoms with Crippen LogP contribution < -0.4 is 10.0 Å². The number of ether oxygens (including phenoxy) is 1. The minimum atomic E-state index is -3.26. The van der Waals surface area contributed by atoms with E-state index in [9.17, 15) is 9.36 Å². The number of carbonyl (C=O) groups is 1. The number of aliphatic carboxylic acids is 1. The van der Waals surface area contributed by atoms with Gasteiger partial charge in [0.1, 0.15) is 12.3 Å². The molecular weight excluding hydrogens is 305 g/mol. The Hall–Kier alpha value is -1.36. The van der Waals surface area contributed by atoms with Crippen molar-refractivity contribution in [1.82, 2.24) is 4.67 Å². The molecule has 124 valence electrons. The van der Waals surface area contributed by atoms with Gasteiger partial charge in [-0.15, -0.1) is 0 Å². The zero-order valence-corrected chi connectivity index (χ0v) is 14.2. The Morgan fingerprint density at radius 3 is 2.45 bits per heavy atom. The monoisotopic (exact) mass is 329 g/mol. The van der Waals surface area contributed by atoms with Gasteiger partial charge in [-0.05, 0) is 30.7 Å². The van der Waals surface area contributed by atoms with E-state index in [4.69, 9.17) is 14.4 Å². The molecule has 7 heteroatoms. The summed E-state index contributed by atoms with van der Waals surface area (Å²) in [5, 5.41) is 9.38. The van der Waals surface area contributed by atoms with E-state index in [1.165, 1.54) is 11.1 Å². The minimum absolute atomic E-state index is 0.288. The third kappa shape index (κ3) is 4.83. The predicted molar refractivity (Wildman–Crippen MR) is 86.0 cm³/mol. The number of carboxylic acid groups (broad SMARTS) is 1. The van der Waals surface area contributed by atoms with Gasteiger partial charge in [-0.25, -0.2) is 4.67 Å². The van der Waals surface area contributed by atoms with Gasteiger partial charge in [0.05, 0.1) is 19.0 Å². The van der Waals surface area contributed by atoms with Crippen LogP contribution in [0.3, 0.4) is 0 Å². The van der Waals surface area contributed by atoms with E-state index in [0.29, 0.717) is 30.6 Å². The van der Waals surface area contributed by atoms with Crippen LogP contribution in [0.25, 0.3) is 0 Å². The Labute approximate surface area is 131 Å². The highest BCUT2D eigenvalue weighted by Crippen LogP contribution is 2.51. The lowest BCUT2D eigenvalue weighted by Crippen LogP contribution is -2.36. The number of methoxy groups -OCH3 is 1. The largest absolute Gasteiger partial charge is 0.497 e. The third-order valence-electron chi connectivity index (χ3n) is 2.92. The summed E-state index contributed by atoms with van der Waals surface area (Å²) in [5.41, 5.74) is 0. The van der Waals surface area contributed by atoms with Crippen LogP contribution in [0.2, 0.25) is 0 Å². The molecular formula is C15H24NO5P. The fourth-order valence-corrected chi connectivity index (χ4v) is 4.24. The standard InChI is InChI=1S/C12H16NO5P.C3H8/c1-17-10-3-5-11(6-4-10)19(16)13(9-12(14)15)7-2-8-18-19;1-3-2/h3-6H,2,7-9H2,1H3,(H,14,15);3H2,1-2H3. The Balaban J connectivity index is 0.000000745. The summed E-state index contributed by atoms with van der Waals surface area (Å²) in [6.07, 6.45) is 1.92. The molecule has 1 aliphatic rings. The smallest absolute Gasteiger partial charge is 0.318 e. The lowest BCUT2D eigenvalue weighted by molar-refractivity contribution is -0.137. The first-order valence-electron chi connectivity index (χ1n) is 7.34. The molecule has 1 heterocycles. The SMILES string of the molecule is CCC.COc1ccc(P2(=O)OCCCN2CC(=O)O)cc1. The number of hydrogen-bond donors (Lipinski definition) is 1. The first-order valence-corrected chi connectivity index (χ1v) is 8.92. The van der Waals surface area contributed by atoms with E-state index < -0.39 is 13.5 Å². The molecule has 1 N–H and O–H groups in total. The van der Waals surface area contributed by atoms with Crippen LogP contribution in [0.5, 0.6) is 5.75 Å². The number of nitrogens with zero attached hydrogens (tertiary/aromatic N) is 1. The van der Waals surface area contributed by atoms with Crippen LogP contribution in [0.1, 0.15) is 26.7 Å². The summed E-state index contributed by atoms with van der Waals surface area (Å²) in [7, 11) is -1.72. The van der Waals surface area contributed by atoms with Crippen LogP contribution in [-0.2, 0) is 13.9 Å². The first-order chi connectivity index (χ1) is 10.5. The van der Waals surface area contributed by atoms with Crippen molar-refractivity contribution >= 4 is 18.8 Å². The molecule has 0 radical (unpaired) electrons. The van der Waals surface area contributed by atoms with Gasteiger partial charge in [0, 0.05) is 6.54 Å². The Morgan fingerprint density at radius 1 is 1.36 bits per heavy atom. The minimum Gasteiger partial charge on any atom is -0.497 e. The van der Waals surface area contributed by atoms with Crippen molar-refractivity contribution in [3.05, 3.63) is 24.3 Å². The summed E-state index contributed by atoms with van der Waals surface area (Å²) in [6, 6.07) is 6.68. The van der Waals surface area contributed by atoms with Gasteiger partial charge in [0.25, 0.3) is 0 Å². The molecule has 1 aliphatic heterocycles. The van der Waals surface area contributed by atoms with Crippen molar-refractivity contribution in [2.45, 2.75) is 26.7 Å². The topological polar surface area (TPSA) is 76.1 Å². The number of benzene rings is 1. The second-order valence-electron chi connectivity index (χ2n) is 4.89. The summed E-state index contributed by atoms with van der Waals surface area (Å²) in [5.74, 6) is -0.364. The highest BCUT2D eigenvalue weighted by atomic mass is 31.2. The van der Waals surface area contributed by atoms with Crippen LogP contribution in [0.15, 0.2) is 24.3 Å². The van der Waals surface area contributed by atoms with Crippen molar-refractivity contribution in [3.8, 4) is 5.75 Å². The summed E-state index contributed by atoms with van der Waals surface area (Å²) in [4.78, 5) is 10.8. The molecule has 1 saturated heterocycles. The lowest BCUT2D eigenvalue weighted by Gasteiger charge is -2.34. The van der Waals surface area contributed by atoms with E-state index in [-0.39, 0.29) is 6.54 Å². The van der Waals surface area contributed by atoms with Gasteiger partial charge >= 0.3 is 13.5 Å². The molecule has 1 aromatic rings. The highest BCUT2D eigenvalue weighted by Gasteiger charge is 2.37. The van der Waals surface area contributed by atoms with Crippen LogP contribution in [0.4, 0.5) is 0 Å². The fraction of sp³-hybridized carbons (Fsp3) is 0.533. The fourth-order valence-electron chi connectivity index (χ4n) is 1.99. The van der Waals surface area contributed by atoms with Crippen molar-refractivity contribution in [2.75, 3.05) is 26.8 Å². The van der Waals surface area contributed by atoms with Gasteiger partial charge < -0.3 is 14.4 Å². The Morgan fingerprint density at radius 2 is 1.95 bits per heavy atom. The average Bonchev–Trinajstić information content (AvgIpc) is 2.50. The average molecular weight is 329 g/mol. The highest BCUT2D eigenvalue weighted by molar-refractivity contribution is 7.64. The molecule has 1 aromatic carbocycles. The molecule has 1 fully saturated rings. The van der Waals surface area contributed by atoms with Crippen LogP contribution in [-0.4, -0.2) is 42.6 Å². The van der Waals surface area contributed by atoms with E-state index in [1.807, 2.05) is 0 Å². The number of rotatable bonds is 4. The zero-order chi connectivity index (χ0) is 16.6. The van der Waals surface area contributed by atoms with Gasteiger partial charge in [-0.3, -0.25) is 9.36 Å².